The van der Waals surface area contributed by atoms with Crippen LogP contribution in [0, 0.1) is 0 Å². The maximum atomic E-state index is 10.0. The highest BCUT2D eigenvalue weighted by molar-refractivity contribution is 5.69. The van der Waals surface area contributed by atoms with E-state index in [1.165, 1.54) is 7.11 Å². The average Bonchev–Trinajstić information content (AvgIpc) is 1.86. The molecule has 1 atom stereocenters. The topological polar surface area (TPSA) is 78.6 Å². The van der Waals surface area contributed by atoms with Crippen molar-refractivity contribution in [1.29, 1.82) is 0 Å². The summed E-state index contributed by atoms with van der Waals surface area (Å²) in [5, 5.41) is 0. The van der Waals surface area contributed by atoms with Gasteiger partial charge in [0, 0.05) is 7.11 Å². The van der Waals surface area contributed by atoms with Crippen molar-refractivity contribution in [2.75, 3.05) is 13.7 Å². The highest BCUT2D eigenvalue weighted by Gasteiger charge is 2.09. The van der Waals surface area contributed by atoms with Gasteiger partial charge in [-0.1, -0.05) is 0 Å². The van der Waals surface area contributed by atoms with Crippen molar-refractivity contribution >= 4 is 12.4 Å². The second kappa shape index (κ2) is 4.75. The molecule has 0 aromatic heterocycles. The lowest BCUT2D eigenvalue weighted by Gasteiger charge is -2.07. The monoisotopic (exact) mass is 147 g/mol. The number of carbonyl (C=O) groups excluding carboxylic acids is 2. The fourth-order valence-electron chi connectivity index (χ4n) is 0.415. The molecule has 5 nitrogen and oxygen atoms in total. The number of hydrogen-bond donors (Lipinski definition) is 1. The first-order chi connectivity index (χ1) is 4.70. The third kappa shape index (κ3) is 3.85. The number of nitrogens with two attached hydrogens (primary N) is 1. The Morgan fingerprint density at radius 1 is 1.80 bits per heavy atom. The molecule has 10 heavy (non-hydrogen) atoms. The highest BCUT2D eigenvalue weighted by atomic mass is 16.6. The standard InChI is InChI=1S/C5H9NO4/c1-9-3-4(2-7)10-5(6)8/h2,4H,3H2,1H3,(H2,6,8)/t4-/m0/s1. The normalized spacial score (nSPS) is 12.1. The molecule has 1 amide bonds. The Hall–Kier alpha value is -1.10. The van der Waals surface area contributed by atoms with Gasteiger partial charge in [0.05, 0.1) is 6.61 Å². The molecule has 0 fully saturated rings. The van der Waals surface area contributed by atoms with Gasteiger partial charge in [0.2, 0.25) is 0 Å². The first kappa shape index (κ1) is 8.90. The second-order valence-electron chi connectivity index (χ2n) is 1.57. The van der Waals surface area contributed by atoms with Gasteiger partial charge in [0.15, 0.2) is 12.4 Å². The van der Waals surface area contributed by atoms with E-state index in [4.69, 9.17) is 0 Å². The largest absolute Gasteiger partial charge is 0.436 e. The molecule has 0 heterocycles. The SMILES string of the molecule is COC[C@H](C=O)OC(N)=O. The number of primary amides is 1. The van der Waals surface area contributed by atoms with Gasteiger partial charge in [-0.2, -0.15) is 0 Å². The van der Waals surface area contributed by atoms with Gasteiger partial charge >= 0.3 is 6.09 Å². The van der Waals surface area contributed by atoms with Crippen LogP contribution in [0.2, 0.25) is 0 Å². The van der Waals surface area contributed by atoms with Crippen LogP contribution in [0.3, 0.4) is 0 Å². The van der Waals surface area contributed by atoms with E-state index in [-0.39, 0.29) is 6.61 Å². The van der Waals surface area contributed by atoms with Crippen LogP contribution >= 0.6 is 0 Å². The van der Waals surface area contributed by atoms with E-state index in [0.29, 0.717) is 6.29 Å². The zero-order chi connectivity index (χ0) is 7.98. The van der Waals surface area contributed by atoms with Crippen molar-refractivity contribution in [3.63, 3.8) is 0 Å². The molecule has 0 rings (SSSR count). The van der Waals surface area contributed by atoms with Crippen LogP contribution in [0.15, 0.2) is 0 Å². The first-order valence-corrected chi connectivity index (χ1v) is 2.61. The number of hydrogen-bond acceptors (Lipinski definition) is 4. The van der Waals surface area contributed by atoms with Crippen LogP contribution in [0.4, 0.5) is 4.79 Å². The number of methoxy groups -OCH3 is 1. The number of amides is 1. The van der Waals surface area contributed by atoms with Gasteiger partial charge in [0.25, 0.3) is 0 Å². The summed E-state index contributed by atoms with van der Waals surface area (Å²) in [7, 11) is 1.39. The first-order valence-electron chi connectivity index (χ1n) is 2.61. The maximum absolute atomic E-state index is 10.0. The van der Waals surface area contributed by atoms with Crippen molar-refractivity contribution in [1.82, 2.24) is 0 Å². The highest BCUT2D eigenvalue weighted by Crippen LogP contribution is 1.87. The number of carbonyl (C=O) groups is 2. The Morgan fingerprint density at radius 2 is 2.40 bits per heavy atom. The summed E-state index contributed by atoms with van der Waals surface area (Å²) in [6.45, 7) is 0.0342. The summed E-state index contributed by atoms with van der Waals surface area (Å²) in [5.41, 5.74) is 4.62. The van der Waals surface area contributed by atoms with Crippen LogP contribution in [-0.4, -0.2) is 32.2 Å². The molecule has 0 unspecified atom stereocenters. The quantitative estimate of drug-likeness (QED) is 0.533. The molecule has 0 aliphatic heterocycles. The minimum atomic E-state index is -0.978. The number of rotatable bonds is 4. The van der Waals surface area contributed by atoms with Crippen molar-refractivity contribution in [2.45, 2.75) is 6.10 Å². The van der Waals surface area contributed by atoms with Crippen LogP contribution in [-0.2, 0) is 14.3 Å². The third-order valence-corrected chi connectivity index (χ3v) is 0.750. The lowest BCUT2D eigenvalue weighted by molar-refractivity contribution is -0.117. The maximum Gasteiger partial charge on any atom is 0.405 e. The van der Waals surface area contributed by atoms with E-state index >= 15 is 0 Å². The zero-order valence-corrected chi connectivity index (χ0v) is 5.57. The lowest BCUT2D eigenvalue weighted by atomic mass is 10.4. The smallest absolute Gasteiger partial charge is 0.405 e. The van der Waals surface area contributed by atoms with E-state index < -0.39 is 12.2 Å². The molecule has 5 heteroatoms. The lowest BCUT2D eigenvalue weighted by Crippen LogP contribution is -2.27. The van der Waals surface area contributed by atoms with Gasteiger partial charge in [-0.3, -0.25) is 4.79 Å². The molecule has 0 saturated heterocycles. The van der Waals surface area contributed by atoms with Crippen molar-refractivity contribution in [3.05, 3.63) is 0 Å². The van der Waals surface area contributed by atoms with E-state index in [9.17, 15) is 9.59 Å². The summed E-state index contributed by atoms with van der Waals surface area (Å²) in [6.07, 6.45) is -1.41. The molecule has 0 aliphatic rings. The molecule has 58 valence electrons. The van der Waals surface area contributed by atoms with Crippen molar-refractivity contribution in [2.24, 2.45) is 5.73 Å². The Kier molecular flexibility index (Phi) is 4.23. The summed E-state index contributed by atoms with van der Waals surface area (Å²) < 4.78 is 8.82. The minimum Gasteiger partial charge on any atom is -0.436 e. The van der Waals surface area contributed by atoms with Gasteiger partial charge in [0.1, 0.15) is 0 Å². The predicted molar refractivity (Wildman–Crippen MR) is 32.4 cm³/mol. The summed E-state index contributed by atoms with van der Waals surface area (Å²) in [5.74, 6) is 0. The summed E-state index contributed by atoms with van der Waals surface area (Å²) in [4.78, 5) is 20.0. The van der Waals surface area contributed by atoms with Gasteiger partial charge in [-0.15, -0.1) is 0 Å². The molecule has 0 aromatic rings. The van der Waals surface area contributed by atoms with E-state index in [0.717, 1.165) is 0 Å². The zero-order valence-electron chi connectivity index (χ0n) is 5.57. The van der Waals surface area contributed by atoms with Crippen molar-refractivity contribution < 1.29 is 19.1 Å². The Morgan fingerprint density at radius 3 is 2.70 bits per heavy atom. The fraction of sp³-hybridized carbons (Fsp3) is 0.600. The minimum absolute atomic E-state index is 0.0342. The molecule has 2 N–H and O–H groups in total. The molecule has 0 aliphatic carbocycles. The van der Waals surface area contributed by atoms with E-state index in [1.54, 1.807) is 0 Å². The predicted octanol–water partition coefficient (Wildman–Crippen LogP) is -0.704. The molecule has 0 radical (unpaired) electrons. The molecule has 0 spiro atoms. The number of aldehydes is 1. The number of ether oxygens (including phenoxy) is 2. The molecule has 0 aromatic carbocycles. The molecular weight excluding hydrogens is 138 g/mol. The van der Waals surface area contributed by atoms with E-state index in [1.807, 2.05) is 0 Å². The van der Waals surface area contributed by atoms with Crippen LogP contribution in [0.1, 0.15) is 0 Å². The van der Waals surface area contributed by atoms with Crippen LogP contribution in [0.25, 0.3) is 0 Å². The second-order valence-corrected chi connectivity index (χ2v) is 1.57. The fourth-order valence-corrected chi connectivity index (χ4v) is 0.415. The van der Waals surface area contributed by atoms with Crippen LogP contribution in [0.5, 0.6) is 0 Å². The third-order valence-electron chi connectivity index (χ3n) is 0.750. The molecule has 0 saturated carbocycles. The Balaban J connectivity index is 3.59. The summed E-state index contributed by atoms with van der Waals surface area (Å²) in [6, 6.07) is 0. The van der Waals surface area contributed by atoms with Gasteiger partial charge in [-0.05, 0) is 0 Å². The Bertz CT molecular complexity index is 125. The van der Waals surface area contributed by atoms with Crippen molar-refractivity contribution in [3.8, 4) is 0 Å². The van der Waals surface area contributed by atoms with Gasteiger partial charge in [-0.25, -0.2) is 4.79 Å². The average molecular weight is 147 g/mol. The molecular formula is C5H9NO4. The Labute approximate surface area is 58.1 Å². The van der Waals surface area contributed by atoms with E-state index in [2.05, 4.69) is 15.2 Å². The van der Waals surface area contributed by atoms with Gasteiger partial charge < -0.3 is 15.2 Å². The molecule has 0 bridgehead atoms. The van der Waals surface area contributed by atoms with Crippen LogP contribution < -0.4 is 5.73 Å². The summed E-state index contributed by atoms with van der Waals surface area (Å²) >= 11 is 0.